The minimum Gasteiger partial charge on any atom is -0.394 e. The molecule has 3 rings (SSSR count). The molecule has 140 valence electrons. The van der Waals surface area contributed by atoms with E-state index in [9.17, 15) is 19.6 Å². The molecule has 1 heterocycles. The van der Waals surface area contributed by atoms with Crippen molar-refractivity contribution in [2.24, 2.45) is 0 Å². The lowest BCUT2D eigenvalue weighted by molar-refractivity contribution is -0.147. The molecule has 0 bridgehead atoms. The minimum atomic E-state index is -0.617. The zero-order valence-electron chi connectivity index (χ0n) is 15.3. The number of likely N-dealkylation sites (tertiary alicyclic amines) is 1. The number of aliphatic hydroxyl groups is 1. The van der Waals surface area contributed by atoms with Crippen LogP contribution < -0.4 is 0 Å². The summed E-state index contributed by atoms with van der Waals surface area (Å²) >= 11 is 0. The first kappa shape index (κ1) is 19.0. The number of aliphatic hydroxyl groups excluding tert-OH is 1. The van der Waals surface area contributed by atoms with E-state index in [1.54, 1.807) is 49.3 Å². The van der Waals surface area contributed by atoms with Crippen molar-refractivity contribution in [2.45, 2.75) is 18.0 Å². The van der Waals surface area contributed by atoms with E-state index in [0.29, 0.717) is 5.56 Å². The standard InChI is InChI=1S/C21H22FN3O2/c1-24(2)12-20(27)25-18(11-23)21(19(25)13-26)15-9-7-14(8-10-15)16-5-3-4-6-17(16)22/h3-10,18-19,21,26H,12-13H2,1-2H3/t18-,19+,21-/m1/s1. The molecule has 1 aliphatic rings. The van der Waals surface area contributed by atoms with Crippen molar-refractivity contribution in [3.05, 3.63) is 59.9 Å². The first-order valence-corrected chi connectivity index (χ1v) is 8.79. The fourth-order valence-electron chi connectivity index (χ4n) is 3.68. The number of hydrogen-bond acceptors (Lipinski definition) is 4. The van der Waals surface area contributed by atoms with E-state index in [4.69, 9.17) is 0 Å². The number of rotatable bonds is 5. The van der Waals surface area contributed by atoms with Gasteiger partial charge in [-0.3, -0.25) is 4.79 Å². The molecule has 3 atom stereocenters. The molecule has 6 heteroatoms. The van der Waals surface area contributed by atoms with E-state index in [0.717, 1.165) is 11.1 Å². The minimum absolute atomic E-state index is 0.176. The van der Waals surface area contributed by atoms with Crippen LogP contribution in [0.4, 0.5) is 4.39 Å². The third kappa shape index (κ3) is 3.57. The van der Waals surface area contributed by atoms with E-state index < -0.39 is 12.1 Å². The normalized spacial score (nSPS) is 21.6. The van der Waals surface area contributed by atoms with Crippen molar-refractivity contribution >= 4 is 5.91 Å². The summed E-state index contributed by atoms with van der Waals surface area (Å²) in [5.41, 5.74) is 2.11. The van der Waals surface area contributed by atoms with Crippen molar-refractivity contribution in [3.8, 4) is 17.2 Å². The topological polar surface area (TPSA) is 67.6 Å². The summed E-state index contributed by atoms with van der Waals surface area (Å²) < 4.78 is 14.0. The fourth-order valence-corrected chi connectivity index (χ4v) is 3.68. The number of hydrogen-bond donors (Lipinski definition) is 1. The van der Waals surface area contributed by atoms with Gasteiger partial charge in [-0.25, -0.2) is 4.39 Å². The zero-order chi connectivity index (χ0) is 19.6. The van der Waals surface area contributed by atoms with Crippen molar-refractivity contribution in [1.82, 2.24) is 9.80 Å². The average molecular weight is 367 g/mol. The number of nitriles is 1. The van der Waals surface area contributed by atoms with Gasteiger partial charge in [0.2, 0.25) is 5.91 Å². The second kappa shape index (κ2) is 7.87. The molecular weight excluding hydrogens is 345 g/mol. The summed E-state index contributed by atoms with van der Waals surface area (Å²) in [6, 6.07) is 15.0. The lowest BCUT2D eigenvalue weighted by Gasteiger charge is -2.51. The molecule has 0 unspecified atom stereocenters. The maximum absolute atomic E-state index is 14.0. The number of carbonyl (C=O) groups is 1. The van der Waals surface area contributed by atoms with E-state index >= 15 is 0 Å². The second-order valence-corrected chi connectivity index (χ2v) is 6.99. The zero-order valence-corrected chi connectivity index (χ0v) is 15.3. The molecule has 27 heavy (non-hydrogen) atoms. The van der Waals surface area contributed by atoms with Crippen molar-refractivity contribution < 1.29 is 14.3 Å². The summed E-state index contributed by atoms with van der Waals surface area (Å²) in [6.45, 7) is -0.0231. The number of benzene rings is 2. The van der Waals surface area contributed by atoms with Gasteiger partial charge in [0.25, 0.3) is 0 Å². The fraction of sp³-hybridized carbons (Fsp3) is 0.333. The van der Waals surface area contributed by atoms with Gasteiger partial charge < -0.3 is 14.9 Å². The molecule has 1 saturated heterocycles. The van der Waals surface area contributed by atoms with Gasteiger partial charge in [-0.2, -0.15) is 5.26 Å². The van der Waals surface area contributed by atoms with Crippen LogP contribution in [-0.4, -0.2) is 60.1 Å². The van der Waals surface area contributed by atoms with Gasteiger partial charge in [-0.1, -0.05) is 42.5 Å². The van der Waals surface area contributed by atoms with Crippen LogP contribution in [0.5, 0.6) is 0 Å². The highest BCUT2D eigenvalue weighted by molar-refractivity contribution is 5.81. The monoisotopic (exact) mass is 367 g/mol. The van der Waals surface area contributed by atoms with Crippen LogP contribution in [0.3, 0.4) is 0 Å². The lowest BCUT2D eigenvalue weighted by atomic mass is 9.75. The number of nitrogens with zero attached hydrogens (tertiary/aromatic N) is 3. The Morgan fingerprint density at radius 2 is 1.89 bits per heavy atom. The summed E-state index contributed by atoms with van der Waals surface area (Å²) in [5, 5.41) is 19.4. The molecule has 1 amide bonds. The molecular formula is C21H22FN3O2. The third-order valence-corrected chi connectivity index (χ3v) is 4.95. The Bertz CT molecular complexity index is 860. The van der Waals surface area contributed by atoms with E-state index in [1.807, 2.05) is 12.1 Å². The van der Waals surface area contributed by atoms with Gasteiger partial charge >= 0.3 is 0 Å². The van der Waals surface area contributed by atoms with E-state index in [2.05, 4.69) is 6.07 Å². The Morgan fingerprint density at radius 3 is 2.44 bits per heavy atom. The van der Waals surface area contributed by atoms with Crippen LogP contribution in [0.15, 0.2) is 48.5 Å². The van der Waals surface area contributed by atoms with Crippen LogP contribution >= 0.6 is 0 Å². The Hall–Kier alpha value is -2.75. The Balaban J connectivity index is 1.84. The maximum atomic E-state index is 14.0. The highest BCUT2D eigenvalue weighted by Gasteiger charge is 2.51. The SMILES string of the molecule is CN(C)CC(=O)N1[C@H](C#N)[C@@H](c2ccc(-c3ccccc3F)cc2)[C@@H]1CO. The van der Waals surface area contributed by atoms with Crippen molar-refractivity contribution in [3.63, 3.8) is 0 Å². The first-order valence-electron chi connectivity index (χ1n) is 8.79. The van der Waals surface area contributed by atoms with Gasteiger partial charge in [-0.15, -0.1) is 0 Å². The molecule has 0 aromatic heterocycles. The molecule has 2 aromatic carbocycles. The van der Waals surface area contributed by atoms with Gasteiger partial charge in [0, 0.05) is 11.5 Å². The Kier molecular flexibility index (Phi) is 5.54. The van der Waals surface area contributed by atoms with E-state index in [-0.39, 0.29) is 30.8 Å². The van der Waals surface area contributed by atoms with Crippen LogP contribution in [0.25, 0.3) is 11.1 Å². The Labute approximate surface area is 158 Å². The highest BCUT2D eigenvalue weighted by atomic mass is 19.1. The molecule has 0 saturated carbocycles. The maximum Gasteiger partial charge on any atom is 0.238 e. The number of carbonyl (C=O) groups excluding carboxylic acids is 1. The van der Waals surface area contributed by atoms with Gasteiger partial charge in [0.1, 0.15) is 11.9 Å². The molecule has 2 aromatic rings. The van der Waals surface area contributed by atoms with Crippen LogP contribution in [0, 0.1) is 17.1 Å². The molecule has 5 nitrogen and oxygen atoms in total. The average Bonchev–Trinajstić information content (AvgIpc) is 2.62. The first-order chi connectivity index (χ1) is 13.0. The smallest absolute Gasteiger partial charge is 0.238 e. The van der Waals surface area contributed by atoms with Crippen LogP contribution in [-0.2, 0) is 4.79 Å². The Morgan fingerprint density at radius 1 is 1.22 bits per heavy atom. The molecule has 1 N–H and O–H groups in total. The predicted molar refractivity (Wildman–Crippen MR) is 100 cm³/mol. The summed E-state index contributed by atoms with van der Waals surface area (Å²) in [7, 11) is 3.57. The predicted octanol–water partition coefficient (Wildman–Crippen LogP) is 2.23. The molecule has 1 aliphatic heterocycles. The van der Waals surface area contributed by atoms with Crippen LogP contribution in [0.2, 0.25) is 0 Å². The van der Waals surface area contributed by atoms with E-state index in [1.165, 1.54) is 11.0 Å². The van der Waals surface area contributed by atoms with Crippen LogP contribution in [0.1, 0.15) is 11.5 Å². The molecule has 1 fully saturated rings. The lowest BCUT2D eigenvalue weighted by Crippen LogP contribution is -2.66. The van der Waals surface area contributed by atoms with Crippen molar-refractivity contribution in [1.29, 1.82) is 5.26 Å². The number of amides is 1. The largest absolute Gasteiger partial charge is 0.394 e. The third-order valence-electron chi connectivity index (χ3n) is 4.95. The quantitative estimate of drug-likeness (QED) is 0.880. The number of halogens is 1. The van der Waals surface area contributed by atoms with Crippen molar-refractivity contribution in [2.75, 3.05) is 27.2 Å². The van der Waals surface area contributed by atoms with Gasteiger partial charge in [0.15, 0.2) is 0 Å². The molecule has 0 spiro atoms. The molecule has 0 radical (unpaired) electrons. The van der Waals surface area contributed by atoms with Gasteiger partial charge in [0.05, 0.1) is 25.3 Å². The highest BCUT2D eigenvalue weighted by Crippen LogP contribution is 2.41. The summed E-state index contributed by atoms with van der Waals surface area (Å²) in [5.74, 6) is -0.733. The number of likely N-dealkylation sites (N-methyl/N-ethyl adjacent to an activating group) is 1. The second-order valence-electron chi connectivity index (χ2n) is 6.99. The molecule has 0 aliphatic carbocycles. The summed E-state index contributed by atoms with van der Waals surface area (Å²) in [6.07, 6.45) is 0. The summed E-state index contributed by atoms with van der Waals surface area (Å²) in [4.78, 5) is 15.6. The van der Waals surface area contributed by atoms with Gasteiger partial charge in [-0.05, 0) is 31.3 Å².